The van der Waals surface area contributed by atoms with Crippen molar-refractivity contribution in [2.45, 2.75) is 219 Å². The van der Waals surface area contributed by atoms with Gasteiger partial charge in [0.15, 0.2) is 0 Å². The van der Waals surface area contributed by atoms with Crippen molar-refractivity contribution in [2.75, 3.05) is 0 Å². The fourth-order valence-electron chi connectivity index (χ4n) is 8.88. The van der Waals surface area contributed by atoms with E-state index in [-0.39, 0.29) is 34.5 Å². The fraction of sp³-hybridized carbons (Fsp3) is 0.586. The van der Waals surface area contributed by atoms with Crippen LogP contribution in [0.2, 0.25) is 0 Å². The van der Waals surface area contributed by atoms with Crippen molar-refractivity contribution in [2.24, 2.45) is 0 Å². The van der Waals surface area contributed by atoms with Crippen molar-refractivity contribution >= 4 is 33.7 Å². The summed E-state index contributed by atoms with van der Waals surface area (Å²) in [4.78, 5) is 60.5. The topological polar surface area (TPSA) is 139 Å². The van der Waals surface area contributed by atoms with Gasteiger partial charge in [-0.15, -0.1) is 0 Å². The summed E-state index contributed by atoms with van der Waals surface area (Å²) in [7, 11) is 0. The molecule has 0 amide bonds. The second-order valence-corrected chi connectivity index (χ2v) is 18.9. The Morgan fingerprint density at radius 1 is 0.397 bits per heavy atom. The molecule has 0 saturated carbocycles. The lowest BCUT2D eigenvalue weighted by Crippen LogP contribution is -2.08. The molecular formula is C58H80N2O8. The van der Waals surface area contributed by atoms with E-state index in [1.54, 1.807) is 60.7 Å². The Morgan fingerprint density at radius 3 is 0.971 bits per heavy atom. The van der Waals surface area contributed by atoms with Crippen LogP contribution in [0.3, 0.4) is 0 Å². The summed E-state index contributed by atoms with van der Waals surface area (Å²) in [5.41, 5.74) is 0.554. The molecule has 3 aromatic carbocycles. The van der Waals surface area contributed by atoms with E-state index in [4.69, 9.17) is 18.3 Å². The number of carbonyl (C=O) groups excluding carboxylic acids is 2. The molecule has 10 nitrogen and oxygen atoms in total. The van der Waals surface area contributed by atoms with E-state index in [9.17, 15) is 19.2 Å². The Bertz CT molecular complexity index is 2190. The number of esters is 2. The summed E-state index contributed by atoms with van der Waals surface area (Å²) in [6.07, 6.45) is 38.5. The lowest BCUT2D eigenvalue weighted by atomic mass is 10.0. The van der Waals surface area contributed by atoms with Crippen LogP contribution < -0.4 is 20.7 Å². The minimum atomic E-state index is -0.571. The Morgan fingerprint density at radius 2 is 0.676 bits per heavy atom. The first-order valence-electron chi connectivity index (χ1n) is 26.8. The maximum atomic E-state index is 13.0. The Hall–Kier alpha value is -5.12. The van der Waals surface area contributed by atoms with E-state index in [0.29, 0.717) is 46.5 Å². The summed E-state index contributed by atoms with van der Waals surface area (Å²) in [6.45, 7) is 4.52. The number of nitrogens with zero attached hydrogens (tertiary/aromatic N) is 2. The average molecular weight is 933 g/mol. The molecule has 5 rings (SSSR count). The highest BCUT2D eigenvalue weighted by Crippen LogP contribution is 2.27. The van der Waals surface area contributed by atoms with Gasteiger partial charge in [0.2, 0.25) is 11.8 Å². The summed E-state index contributed by atoms with van der Waals surface area (Å²) in [5.74, 6) is 0.180. The van der Waals surface area contributed by atoms with E-state index < -0.39 is 11.3 Å². The van der Waals surface area contributed by atoms with Crippen molar-refractivity contribution in [1.82, 2.24) is 9.97 Å². The zero-order valence-corrected chi connectivity index (χ0v) is 41.6. The van der Waals surface area contributed by atoms with Crippen LogP contribution in [0.25, 0.3) is 44.7 Å². The van der Waals surface area contributed by atoms with Crippen LogP contribution in [-0.4, -0.2) is 21.9 Å². The van der Waals surface area contributed by atoms with Crippen LogP contribution in [-0.2, 0) is 9.59 Å². The molecule has 0 fully saturated rings. The highest BCUT2D eigenvalue weighted by atomic mass is 16.5. The van der Waals surface area contributed by atoms with Crippen molar-refractivity contribution in [1.29, 1.82) is 0 Å². The molecule has 0 aliphatic heterocycles. The van der Waals surface area contributed by atoms with Crippen LogP contribution in [0.15, 0.2) is 79.1 Å². The fourth-order valence-corrected chi connectivity index (χ4v) is 8.88. The molecule has 0 N–H and O–H groups in total. The zero-order chi connectivity index (χ0) is 48.0. The number of hydrogen-bond donors (Lipinski definition) is 0. The molecule has 10 heteroatoms. The summed E-state index contributed by atoms with van der Waals surface area (Å²) < 4.78 is 22.4. The number of rotatable bonds is 36. The second kappa shape index (κ2) is 31.8. The molecular weight excluding hydrogens is 853 g/mol. The van der Waals surface area contributed by atoms with Gasteiger partial charge in [-0.05, 0) is 61.4 Å². The summed E-state index contributed by atoms with van der Waals surface area (Å²) >= 11 is 0. The standard InChI is InChI=1S/C58H80N2O8/c1-3-5-7-9-11-13-15-17-19-21-23-25-27-29-31-33-53(61)65-47-39-41-49-51(43-47)59-55(67-57(49)63)45-35-37-46(38-36-45)56-60-52-44-48(40-42-50(52)58(64)68-56)66-54(62)34-32-30-28-26-24-22-20-18-16-14-12-10-8-6-4-2/h35-44H,3-34H2,1-2H3. The molecule has 0 aliphatic rings. The number of ether oxygens (including phenoxy) is 2. The Labute approximate surface area is 405 Å². The lowest BCUT2D eigenvalue weighted by Gasteiger charge is -2.07. The van der Waals surface area contributed by atoms with E-state index in [0.717, 1.165) is 38.5 Å². The zero-order valence-electron chi connectivity index (χ0n) is 41.6. The number of unbranched alkanes of at least 4 members (excludes halogenated alkanes) is 28. The minimum absolute atomic E-state index is 0.0825. The molecule has 0 spiro atoms. The van der Waals surface area contributed by atoms with Crippen LogP contribution in [0.1, 0.15) is 219 Å². The third-order valence-corrected chi connectivity index (χ3v) is 13.0. The maximum Gasteiger partial charge on any atom is 0.347 e. The van der Waals surface area contributed by atoms with E-state index in [1.807, 2.05) is 0 Å². The molecule has 0 bridgehead atoms. The van der Waals surface area contributed by atoms with Crippen molar-refractivity contribution in [3.05, 3.63) is 81.5 Å². The molecule has 2 aromatic heterocycles. The molecule has 370 valence electrons. The number of aromatic nitrogens is 2. The number of hydrogen-bond acceptors (Lipinski definition) is 10. The lowest BCUT2D eigenvalue weighted by molar-refractivity contribution is -0.135. The van der Waals surface area contributed by atoms with E-state index >= 15 is 0 Å². The molecule has 0 radical (unpaired) electrons. The second-order valence-electron chi connectivity index (χ2n) is 18.9. The third-order valence-electron chi connectivity index (χ3n) is 13.0. The molecule has 5 aromatic rings. The highest BCUT2D eigenvalue weighted by molar-refractivity contribution is 5.83. The third kappa shape index (κ3) is 19.8. The first-order chi connectivity index (χ1) is 33.3. The SMILES string of the molecule is CCCCCCCCCCCCCCCCCC(=O)Oc1ccc2c(=O)oc(-c3ccc(-c4nc5cc(OC(=O)CCCCCCCCCCCCCCCCC)ccc5c(=O)o4)cc3)nc2c1. The monoisotopic (exact) mass is 933 g/mol. The Balaban J connectivity index is 1.02. The Kier molecular flexibility index (Phi) is 25.2. The molecule has 0 aliphatic carbocycles. The molecule has 2 heterocycles. The van der Waals surface area contributed by atoms with Gasteiger partial charge in [-0.2, -0.15) is 0 Å². The number of fused-ring (bicyclic) bond motifs is 2. The van der Waals surface area contributed by atoms with Crippen LogP contribution in [0, 0.1) is 0 Å². The first kappa shape index (κ1) is 53.8. The predicted octanol–water partition coefficient (Wildman–Crippen LogP) is 16.4. The van der Waals surface area contributed by atoms with Gasteiger partial charge in [-0.3, -0.25) is 9.59 Å². The maximum absolute atomic E-state index is 13.0. The molecule has 0 unspecified atom stereocenters. The van der Waals surface area contributed by atoms with Gasteiger partial charge in [0, 0.05) is 36.1 Å². The van der Waals surface area contributed by atoms with Crippen molar-refractivity contribution in [3.63, 3.8) is 0 Å². The van der Waals surface area contributed by atoms with Crippen molar-refractivity contribution in [3.8, 4) is 34.4 Å². The normalized spacial score (nSPS) is 11.4. The predicted molar refractivity (Wildman–Crippen MR) is 275 cm³/mol. The quantitative estimate of drug-likeness (QED) is 0.0217. The largest absolute Gasteiger partial charge is 0.426 e. The number of carbonyl (C=O) groups is 2. The van der Waals surface area contributed by atoms with Gasteiger partial charge >= 0.3 is 23.2 Å². The molecule has 0 atom stereocenters. The van der Waals surface area contributed by atoms with E-state index in [2.05, 4.69) is 23.8 Å². The highest BCUT2D eigenvalue weighted by Gasteiger charge is 2.15. The van der Waals surface area contributed by atoms with Gasteiger partial charge in [0.1, 0.15) is 11.5 Å². The van der Waals surface area contributed by atoms with E-state index in [1.165, 1.54) is 154 Å². The molecule has 0 saturated heterocycles. The van der Waals surface area contributed by atoms with Gasteiger partial charge in [0.05, 0.1) is 21.8 Å². The van der Waals surface area contributed by atoms with Gasteiger partial charge in [-0.1, -0.05) is 194 Å². The van der Waals surface area contributed by atoms with Gasteiger partial charge in [-0.25, -0.2) is 19.6 Å². The van der Waals surface area contributed by atoms with Crippen LogP contribution >= 0.6 is 0 Å². The average Bonchev–Trinajstić information content (AvgIpc) is 3.33. The molecule has 68 heavy (non-hydrogen) atoms. The van der Waals surface area contributed by atoms with Gasteiger partial charge < -0.3 is 18.3 Å². The number of benzene rings is 3. The van der Waals surface area contributed by atoms with Crippen LogP contribution in [0.4, 0.5) is 0 Å². The minimum Gasteiger partial charge on any atom is -0.426 e. The van der Waals surface area contributed by atoms with Gasteiger partial charge in [0.25, 0.3) is 0 Å². The smallest absolute Gasteiger partial charge is 0.347 e. The summed E-state index contributed by atoms with van der Waals surface area (Å²) in [5, 5.41) is 0.537. The first-order valence-corrected chi connectivity index (χ1v) is 26.8. The summed E-state index contributed by atoms with van der Waals surface area (Å²) in [6, 6.07) is 16.2. The van der Waals surface area contributed by atoms with Crippen molar-refractivity contribution < 1.29 is 27.9 Å². The van der Waals surface area contributed by atoms with Crippen LogP contribution in [0.5, 0.6) is 11.5 Å².